The molecule has 0 bridgehead atoms. The molecule has 0 amide bonds. The van der Waals surface area contributed by atoms with Crippen LogP contribution in [-0.4, -0.2) is 35.7 Å². The number of ether oxygens (including phenoxy) is 1. The van der Waals surface area contributed by atoms with Gasteiger partial charge in [-0.3, -0.25) is 10.1 Å². The third-order valence-corrected chi connectivity index (χ3v) is 2.96. The molecule has 1 saturated heterocycles. The third kappa shape index (κ3) is 3.07. The molecule has 2 rings (SSSR count). The van der Waals surface area contributed by atoms with Gasteiger partial charge in [-0.25, -0.2) is 4.79 Å². The van der Waals surface area contributed by atoms with Crippen molar-refractivity contribution < 1.29 is 19.4 Å². The van der Waals surface area contributed by atoms with Crippen molar-refractivity contribution in [1.82, 2.24) is 5.32 Å². The Hall–Kier alpha value is -1.88. The second kappa shape index (κ2) is 5.64. The average Bonchev–Trinajstić information content (AvgIpc) is 2.86. The summed E-state index contributed by atoms with van der Waals surface area (Å²) in [6.45, 7) is 0.206. The van der Waals surface area contributed by atoms with Crippen molar-refractivity contribution in [3.63, 3.8) is 0 Å². The number of esters is 1. The lowest BCUT2D eigenvalue weighted by Gasteiger charge is -2.12. The number of carbonyl (C=O) groups is 2. The second-order valence-electron chi connectivity index (χ2n) is 4.30. The smallest absolute Gasteiger partial charge is 0.338 e. The van der Waals surface area contributed by atoms with E-state index in [1.54, 1.807) is 24.3 Å². The van der Waals surface area contributed by atoms with Crippen LogP contribution in [0, 0.1) is 0 Å². The van der Waals surface area contributed by atoms with Crippen molar-refractivity contribution in [3.8, 4) is 0 Å². The molecule has 0 spiro atoms. The molecule has 0 radical (unpaired) electrons. The first-order valence-corrected chi connectivity index (χ1v) is 5.88. The van der Waals surface area contributed by atoms with Gasteiger partial charge in [0, 0.05) is 6.04 Å². The summed E-state index contributed by atoms with van der Waals surface area (Å²) >= 11 is 0. The highest BCUT2D eigenvalue weighted by molar-refractivity contribution is 5.89. The first-order chi connectivity index (χ1) is 8.66. The van der Waals surface area contributed by atoms with Crippen LogP contribution in [0.3, 0.4) is 0 Å². The molecule has 18 heavy (non-hydrogen) atoms. The van der Waals surface area contributed by atoms with Crippen LogP contribution in [0.15, 0.2) is 30.3 Å². The van der Waals surface area contributed by atoms with E-state index in [1.807, 2.05) is 6.07 Å². The van der Waals surface area contributed by atoms with E-state index in [4.69, 9.17) is 9.84 Å². The minimum Gasteiger partial charge on any atom is -0.480 e. The zero-order chi connectivity index (χ0) is 13.0. The Morgan fingerprint density at radius 3 is 2.61 bits per heavy atom. The molecule has 1 aromatic rings. The topological polar surface area (TPSA) is 75.6 Å². The molecule has 5 nitrogen and oxygen atoms in total. The summed E-state index contributed by atoms with van der Waals surface area (Å²) in [6.07, 6.45) is 1.28. The van der Waals surface area contributed by atoms with Crippen molar-refractivity contribution in [3.05, 3.63) is 35.9 Å². The average molecular weight is 249 g/mol. The summed E-state index contributed by atoms with van der Waals surface area (Å²) in [5.74, 6) is -1.23. The molecule has 0 saturated carbocycles. The lowest BCUT2D eigenvalue weighted by molar-refractivity contribution is -0.139. The predicted octanol–water partition coefficient (Wildman–Crippen LogP) is 1.05. The van der Waals surface area contributed by atoms with Gasteiger partial charge < -0.3 is 9.84 Å². The van der Waals surface area contributed by atoms with Crippen LogP contribution in [-0.2, 0) is 9.53 Å². The van der Waals surface area contributed by atoms with E-state index in [0.29, 0.717) is 18.4 Å². The first kappa shape index (κ1) is 12.6. The van der Waals surface area contributed by atoms with E-state index in [-0.39, 0.29) is 18.6 Å². The van der Waals surface area contributed by atoms with Crippen LogP contribution in [0.4, 0.5) is 0 Å². The van der Waals surface area contributed by atoms with Gasteiger partial charge in [0.2, 0.25) is 0 Å². The summed E-state index contributed by atoms with van der Waals surface area (Å²) in [7, 11) is 0. The number of carboxylic acids is 1. The fraction of sp³-hybridized carbons (Fsp3) is 0.385. The summed E-state index contributed by atoms with van der Waals surface area (Å²) in [4.78, 5) is 22.4. The minimum absolute atomic E-state index is 0.0706. The van der Waals surface area contributed by atoms with Crippen LogP contribution in [0.1, 0.15) is 23.2 Å². The quantitative estimate of drug-likeness (QED) is 0.780. The molecule has 1 fully saturated rings. The Labute approximate surface area is 105 Å². The molecule has 0 unspecified atom stereocenters. The zero-order valence-corrected chi connectivity index (χ0v) is 9.83. The minimum atomic E-state index is -0.855. The Bertz CT molecular complexity index is 432. The largest absolute Gasteiger partial charge is 0.480 e. The number of benzene rings is 1. The maximum atomic E-state index is 11.7. The summed E-state index contributed by atoms with van der Waals surface area (Å²) in [6, 6.07) is 8.14. The highest BCUT2D eigenvalue weighted by atomic mass is 16.5. The summed E-state index contributed by atoms with van der Waals surface area (Å²) in [5, 5.41) is 11.7. The molecule has 96 valence electrons. The molecule has 0 aromatic heterocycles. The number of carboxylic acid groups (broad SMARTS) is 1. The highest BCUT2D eigenvalue weighted by Gasteiger charge is 2.29. The molecule has 1 aliphatic rings. The Morgan fingerprint density at radius 2 is 2.00 bits per heavy atom. The van der Waals surface area contributed by atoms with Gasteiger partial charge in [0.1, 0.15) is 12.6 Å². The van der Waals surface area contributed by atoms with Gasteiger partial charge in [-0.05, 0) is 25.0 Å². The van der Waals surface area contributed by atoms with Crippen molar-refractivity contribution >= 4 is 11.9 Å². The molecule has 1 aliphatic heterocycles. The lowest BCUT2D eigenvalue weighted by atomic mass is 10.2. The molecular formula is C13H15NO4. The van der Waals surface area contributed by atoms with Crippen LogP contribution in [0.25, 0.3) is 0 Å². The molecule has 0 aliphatic carbocycles. The Balaban J connectivity index is 1.79. The van der Waals surface area contributed by atoms with E-state index in [2.05, 4.69) is 5.32 Å². The fourth-order valence-electron chi connectivity index (χ4n) is 1.98. The van der Waals surface area contributed by atoms with Gasteiger partial charge in [-0.1, -0.05) is 18.2 Å². The number of carbonyl (C=O) groups excluding carboxylic acids is 1. The third-order valence-electron chi connectivity index (χ3n) is 2.96. The maximum Gasteiger partial charge on any atom is 0.338 e. The van der Waals surface area contributed by atoms with Gasteiger partial charge in [-0.2, -0.15) is 0 Å². The molecule has 5 heteroatoms. The van der Waals surface area contributed by atoms with E-state index in [0.717, 1.165) is 0 Å². The van der Waals surface area contributed by atoms with Crippen molar-refractivity contribution in [2.75, 3.05) is 6.61 Å². The number of hydrogen-bond acceptors (Lipinski definition) is 4. The first-order valence-electron chi connectivity index (χ1n) is 5.88. The molecule has 1 aromatic carbocycles. The standard InChI is InChI=1S/C13H15NO4/c15-12(16)11-7-6-10(14-11)8-18-13(17)9-4-2-1-3-5-9/h1-5,10-11,14H,6-8H2,(H,15,16)/t10-,11-/m0/s1. The Kier molecular flexibility index (Phi) is 3.94. The van der Waals surface area contributed by atoms with Crippen LogP contribution < -0.4 is 5.32 Å². The van der Waals surface area contributed by atoms with E-state index >= 15 is 0 Å². The Morgan fingerprint density at radius 1 is 1.28 bits per heavy atom. The fourth-order valence-corrected chi connectivity index (χ4v) is 1.98. The molecule has 2 N–H and O–H groups in total. The predicted molar refractivity (Wildman–Crippen MR) is 64.3 cm³/mol. The molecule has 1 heterocycles. The van der Waals surface area contributed by atoms with Crippen molar-refractivity contribution in [2.45, 2.75) is 24.9 Å². The van der Waals surface area contributed by atoms with Gasteiger partial charge in [-0.15, -0.1) is 0 Å². The summed E-state index contributed by atoms with van der Waals surface area (Å²) < 4.78 is 5.15. The SMILES string of the molecule is O=C(OC[C@@H]1CC[C@@H](C(=O)O)N1)c1ccccc1. The van der Waals surface area contributed by atoms with Crippen molar-refractivity contribution in [1.29, 1.82) is 0 Å². The molecular weight excluding hydrogens is 234 g/mol. The van der Waals surface area contributed by atoms with Crippen LogP contribution in [0.2, 0.25) is 0 Å². The number of nitrogens with one attached hydrogen (secondary N) is 1. The maximum absolute atomic E-state index is 11.7. The second-order valence-corrected chi connectivity index (χ2v) is 4.30. The highest BCUT2D eigenvalue weighted by Crippen LogP contribution is 2.13. The number of rotatable bonds is 4. The van der Waals surface area contributed by atoms with Gasteiger partial charge in [0.25, 0.3) is 0 Å². The monoisotopic (exact) mass is 249 g/mol. The van der Waals surface area contributed by atoms with E-state index < -0.39 is 12.0 Å². The lowest BCUT2D eigenvalue weighted by Crippen LogP contribution is -2.37. The molecule has 2 atom stereocenters. The van der Waals surface area contributed by atoms with Crippen LogP contribution >= 0.6 is 0 Å². The van der Waals surface area contributed by atoms with Gasteiger partial charge in [0.05, 0.1) is 5.56 Å². The zero-order valence-electron chi connectivity index (χ0n) is 9.83. The summed E-state index contributed by atoms with van der Waals surface area (Å²) in [5.41, 5.74) is 0.505. The van der Waals surface area contributed by atoms with E-state index in [9.17, 15) is 9.59 Å². The normalized spacial score (nSPS) is 22.7. The van der Waals surface area contributed by atoms with Crippen LogP contribution in [0.5, 0.6) is 0 Å². The van der Waals surface area contributed by atoms with Gasteiger partial charge in [0.15, 0.2) is 0 Å². The van der Waals surface area contributed by atoms with Gasteiger partial charge >= 0.3 is 11.9 Å². The number of aliphatic carboxylic acids is 1. The van der Waals surface area contributed by atoms with E-state index in [1.165, 1.54) is 0 Å². The number of hydrogen-bond donors (Lipinski definition) is 2. The van der Waals surface area contributed by atoms with Crippen molar-refractivity contribution in [2.24, 2.45) is 0 Å².